The molecule has 0 spiro atoms. The van der Waals surface area contributed by atoms with Crippen molar-refractivity contribution in [2.45, 2.75) is 24.1 Å². The summed E-state index contributed by atoms with van der Waals surface area (Å²) >= 11 is 7.40. The molecule has 2 aromatic carbocycles. The third-order valence-corrected chi connectivity index (χ3v) is 6.37. The van der Waals surface area contributed by atoms with Crippen LogP contribution in [0.4, 0.5) is 0 Å². The molecule has 29 heavy (non-hydrogen) atoms. The molecular formula is C18H16ClN3O5S2. The quantitative estimate of drug-likeness (QED) is 0.713. The fraction of sp³-hybridized carbons (Fsp3) is 0.167. The molecule has 0 saturated heterocycles. The highest BCUT2D eigenvalue weighted by Crippen LogP contribution is 2.41. The summed E-state index contributed by atoms with van der Waals surface area (Å²) in [6.07, 6.45) is 0. The summed E-state index contributed by atoms with van der Waals surface area (Å²) in [6.45, 7) is 2.68. The molecule has 1 atom stereocenters. The zero-order valence-electron chi connectivity index (χ0n) is 15.3. The van der Waals surface area contributed by atoms with E-state index in [0.29, 0.717) is 5.56 Å². The molecule has 3 rings (SSSR count). The highest BCUT2D eigenvalue weighted by atomic mass is 35.5. The molecular weight excluding hydrogens is 438 g/mol. The van der Waals surface area contributed by atoms with Gasteiger partial charge in [-0.25, -0.2) is 5.01 Å². The summed E-state index contributed by atoms with van der Waals surface area (Å²) < 4.78 is 29.9. The normalized spacial score (nSPS) is 16.3. The fourth-order valence-corrected chi connectivity index (χ4v) is 4.84. The highest BCUT2D eigenvalue weighted by molar-refractivity contribution is 8.14. The zero-order valence-corrected chi connectivity index (χ0v) is 17.7. The second kappa shape index (κ2) is 8.44. The molecule has 2 amide bonds. The first-order valence-corrected chi connectivity index (χ1v) is 11.0. The highest BCUT2D eigenvalue weighted by Gasteiger charge is 2.33. The summed E-state index contributed by atoms with van der Waals surface area (Å²) in [5.74, 6) is -0.682. The molecule has 1 aliphatic rings. The maximum absolute atomic E-state index is 12.4. The van der Waals surface area contributed by atoms with E-state index < -0.39 is 15.5 Å². The summed E-state index contributed by atoms with van der Waals surface area (Å²) in [5, 5.41) is 7.62. The maximum atomic E-state index is 12.4. The van der Waals surface area contributed by atoms with Crippen molar-refractivity contribution in [2.24, 2.45) is 5.10 Å². The number of benzene rings is 2. The number of carbonyl (C=O) groups excluding carboxylic acids is 2. The summed E-state index contributed by atoms with van der Waals surface area (Å²) in [4.78, 5) is 23.2. The van der Waals surface area contributed by atoms with E-state index in [-0.39, 0.29) is 32.6 Å². The Morgan fingerprint density at radius 1 is 1.17 bits per heavy atom. The van der Waals surface area contributed by atoms with Gasteiger partial charge in [0.2, 0.25) is 11.8 Å². The Morgan fingerprint density at radius 2 is 1.86 bits per heavy atom. The number of thioether (sulfide) groups is 1. The predicted molar refractivity (Wildman–Crippen MR) is 110 cm³/mol. The van der Waals surface area contributed by atoms with Crippen LogP contribution < -0.4 is 9.50 Å². The number of hydrazone groups is 1. The van der Waals surface area contributed by atoms with Crippen LogP contribution in [0.25, 0.3) is 0 Å². The van der Waals surface area contributed by atoms with Gasteiger partial charge in [0.25, 0.3) is 0 Å². The van der Waals surface area contributed by atoms with Crippen LogP contribution in [-0.2, 0) is 19.7 Å². The Labute approximate surface area is 177 Å². The third kappa shape index (κ3) is 4.89. The van der Waals surface area contributed by atoms with Crippen molar-refractivity contribution in [3.05, 3.63) is 59.1 Å². The molecule has 11 heteroatoms. The second-order valence-corrected chi connectivity index (χ2v) is 8.98. The Morgan fingerprint density at radius 3 is 2.45 bits per heavy atom. The molecule has 1 heterocycles. The average molecular weight is 454 g/mol. The van der Waals surface area contributed by atoms with Crippen LogP contribution in [0.1, 0.15) is 24.8 Å². The van der Waals surface area contributed by atoms with Crippen LogP contribution in [0.3, 0.4) is 0 Å². The van der Waals surface area contributed by atoms with Gasteiger partial charge in [-0.15, -0.1) is 5.10 Å². The van der Waals surface area contributed by atoms with Gasteiger partial charge in [0.05, 0.1) is 5.02 Å². The topological polar surface area (TPSA) is 105 Å². The fourth-order valence-electron chi connectivity index (χ4n) is 2.47. The minimum atomic E-state index is -4.04. The zero-order chi connectivity index (χ0) is 21.2. The molecule has 152 valence electrons. The molecule has 2 aromatic rings. The van der Waals surface area contributed by atoms with Crippen LogP contribution in [0.2, 0.25) is 5.02 Å². The van der Waals surface area contributed by atoms with Gasteiger partial charge in [0, 0.05) is 13.8 Å². The van der Waals surface area contributed by atoms with Crippen LogP contribution in [0.15, 0.2) is 58.5 Å². The smallest absolute Gasteiger partial charge is 0.339 e. The first-order valence-electron chi connectivity index (χ1n) is 8.29. The number of nitrogens with one attached hydrogen (secondary N) is 1. The molecule has 1 N–H and O–H groups in total. The van der Waals surface area contributed by atoms with Crippen molar-refractivity contribution < 1.29 is 22.2 Å². The van der Waals surface area contributed by atoms with Gasteiger partial charge in [-0.3, -0.25) is 9.59 Å². The molecule has 0 bridgehead atoms. The van der Waals surface area contributed by atoms with E-state index in [1.807, 2.05) is 0 Å². The molecule has 0 fully saturated rings. The van der Waals surface area contributed by atoms with Crippen LogP contribution in [0.5, 0.6) is 5.75 Å². The number of amidine groups is 1. The molecule has 0 aromatic heterocycles. The monoisotopic (exact) mass is 453 g/mol. The minimum absolute atomic E-state index is 0.00240. The molecule has 0 saturated carbocycles. The Kier molecular flexibility index (Phi) is 6.15. The van der Waals surface area contributed by atoms with Crippen LogP contribution >= 0.6 is 23.4 Å². The Balaban J connectivity index is 1.84. The lowest BCUT2D eigenvalue weighted by Gasteiger charge is -2.20. The maximum Gasteiger partial charge on any atom is 0.339 e. The van der Waals surface area contributed by atoms with E-state index in [1.165, 1.54) is 43.1 Å². The predicted octanol–water partition coefficient (Wildman–Crippen LogP) is 3.11. The van der Waals surface area contributed by atoms with E-state index in [4.69, 9.17) is 15.8 Å². The number of halogens is 1. The number of amides is 2. The van der Waals surface area contributed by atoms with Crippen molar-refractivity contribution in [2.75, 3.05) is 0 Å². The number of rotatable bonds is 4. The van der Waals surface area contributed by atoms with E-state index in [9.17, 15) is 18.0 Å². The SMILES string of the molecule is CC(=O)NC1=NN(C(C)=O)[C@@H](c2ccc(OS(=O)(=O)c3ccccc3)c(Cl)c2)S1. The molecule has 8 nitrogen and oxygen atoms in total. The Bertz CT molecular complexity index is 1090. The minimum Gasteiger partial charge on any atom is -0.377 e. The van der Waals surface area contributed by atoms with Crippen molar-refractivity contribution in [1.29, 1.82) is 0 Å². The first kappa shape index (κ1) is 21.2. The van der Waals surface area contributed by atoms with Crippen molar-refractivity contribution >= 4 is 50.5 Å². The van der Waals surface area contributed by atoms with Gasteiger partial charge in [-0.1, -0.05) is 47.6 Å². The van der Waals surface area contributed by atoms with E-state index in [1.54, 1.807) is 24.3 Å². The summed E-state index contributed by atoms with van der Waals surface area (Å²) in [7, 11) is -4.04. The summed E-state index contributed by atoms with van der Waals surface area (Å²) in [6, 6.07) is 12.2. The lowest BCUT2D eigenvalue weighted by molar-refractivity contribution is -0.129. The van der Waals surface area contributed by atoms with E-state index in [0.717, 1.165) is 11.8 Å². The second-order valence-electron chi connectivity index (χ2n) is 5.96. The van der Waals surface area contributed by atoms with Gasteiger partial charge in [0.15, 0.2) is 10.9 Å². The Hall–Kier alpha value is -2.56. The van der Waals surface area contributed by atoms with Crippen molar-refractivity contribution in [1.82, 2.24) is 10.3 Å². The molecule has 0 unspecified atom stereocenters. The number of nitrogens with zero attached hydrogens (tertiary/aromatic N) is 2. The van der Waals surface area contributed by atoms with Gasteiger partial charge in [-0.05, 0) is 29.8 Å². The van der Waals surface area contributed by atoms with E-state index in [2.05, 4.69) is 10.4 Å². The number of hydrogen-bond acceptors (Lipinski definition) is 7. The van der Waals surface area contributed by atoms with Crippen LogP contribution in [0, 0.1) is 0 Å². The molecule has 0 radical (unpaired) electrons. The third-order valence-electron chi connectivity index (χ3n) is 3.72. The first-order chi connectivity index (χ1) is 13.7. The van der Waals surface area contributed by atoms with Gasteiger partial charge in [-0.2, -0.15) is 8.42 Å². The number of carbonyl (C=O) groups is 2. The standard InChI is InChI=1S/C18H16ClN3O5S2/c1-11(23)20-18-21-22(12(2)24)17(28-18)13-8-9-16(15(19)10-13)27-29(25,26)14-6-4-3-5-7-14/h3-10,17H,1-2H3,(H,20,21,23)/t17-/m1/s1. The van der Waals surface area contributed by atoms with E-state index >= 15 is 0 Å². The van der Waals surface area contributed by atoms with Crippen molar-refractivity contribution in [3.8, 4) is 5.75 Å². The lowest BCUT2D eigenvalue weighted by atomic mass is 10.2. The molecule has 0 aliphatic carbocycles. The lowest BCUT2D eigenvalue weighted by Crippen LogP contribution is -2.25. The van der Waals surface area contributed by atoms with Gasteiger partial charge >= 0.3 is 10.1 Å². The van der Waals surface area contributed by atoms with Gasteiger partial charge < -0.3 is 9.50 Å². The average Bonchev–Trinajstić information content (AvgIpc) is 3.07. The largest absolute Gasteiger partial charge is 0.377 e. The molecule has 1 aliphatic heterocycles. The van der Waals surface area contributed by atoms with Gasteiger partial charge in [0.1, 0.15) is 10.3 Å². The van der Waals surface area contributed by atoms with Crippen LogP contribution in [-0.4, -0.2) is 30.4 Å². The summed E-state index contributed by atoms with van der Waals surface area (Å²) in [5.41, 5.74) is 0.587. The van der Waals surface area contributed by atoms with Crippen molar-refractivity contribution in [3.63, 3.8) is 0 Å². The number of hydrogen-bond donors (Lipinski definition) is 1.